The summed E-state index contributed by atoms with van der Waals surface area (Å²) in [5, 5.41) is 2.49. The highest BCUT2D eigenvalue weighted by molar-refractivity contribution is 7.13. The zero-order valence-corrected chi connectivity index (χ0v) is 15.7. The number of nitrogens with one attached hydrogen (secondary N) is 1. The predicted octanol–water partition coefficient (Wildman–Crippen LogP) is 3.25. The van der Waals surface area contributed by atoms with Crippen molar-refractivity contribution in [1.82, 2.24) is 19.9 Å². The first-order valence-electron chi connectivity index (χ1n) is 9.03. The summed E-state index contributed by atoms with van der Waals surface area (Å²) in [5.41, 5.74) is 9.90. The number of nitrogens with two attached hydrogens (primary N) is 1. The summed E-state index contributed by atoms with van der Waals surface area (Å²) in [6.07, 6.45) is 3.06. The molecular formula is C19H23N5OS. The number of fused-ring (bicyclic) bond motifs is 1. The highest BCUT2D eigenvalue weighted by Crippen LogP contribution is 2.29. The van der Waals surface area contributed by atoms with Gasteiger partial charge < -0.3 is 15.6 Å². The minimum absolute atomic E-state index is 0.204. The highest BCUT2D eigenvalue weighted by atomic mass is 32.1. The average Bonchev–Trinajstić information content (AvgIpc) is 3.27. The molecule has 0 radical (unpaired) electrons. The van der Waals surface area contributed by atoms with Crippen molar-refractivity contribution in [2.75, 3.05) is 18.8 Å². The molecule has 0 bridgehead atoms. The fourth-order valence-electron chi connectivity index (χ4n) is 3.62. The van der Waals surface area contributed by atoms with Crippen LogP contribution in [0.15, 0.2) is 23.6 Å². The number of thiazole rings is 1. The van der Waals surface area contributed by atoms with Crippen LogP contribution in [-0.2, 0) is 11.2 Å². The summed E-state index contributed by atoms with van der Waals surface area (Å²) in [4.78, 5) is 26.9. The molecule has 0 spiro atoms. The number of piperidine rings is 1. The standard InChI is InChI=1S/C19H23N5OS/c1-12-3-2-4-15-17(12)23-18(22-15)13-7-9-24(10-8-13)16(25)6-5-14-11-26-19(20)21-14/h2-4,11,13H,5-10H2,1H3,(H2,20,21)(H,22,23). The number of rotatable bonds is 4. The fourth-order valence-corrected chi connectivity index (χ4v) is 4.22. The third-order valence-electron chi connectivity index (χ3n) is 5.13. The van der Waals surface area contributed by atoms with Gasteiger partial charge in [0.05, 0.1) is 16.7 Å². The lowest BCUT2D eigenvalue weighted by molar-refractivity contribution is -0.132. The lowest BCUT2D eigenvalue weighted by Gasteiger charge is -2.31. The first kappa shape index (κ1) is 17.0. The van der Waals surface area contributed by atoms with Gasteiger partial charge in [0, 0.05) is 30.8 Å². The molecule has 3 aromatic rings. The van der Waals surface area contributed by atoms with Gasteiger partial charge in [-0.3, -0.25) is 4.79 Å². The Morgan fingerprint density at radius 2 is 2.15 bits per heavy atom. The summed E-state index contributed by atoms with van der Waals surface area (Å²) < 4.78 is 0. The average molecular weight is 369 g/mol. The summed E-state index contributed by atoms with van der Waals surface area (Å²) in [7, 11) is 0. The van der Waals surface area contributed by atoms with Crippen LogP contribution < -0.4 is 5.73 Å². The number of hydrogen-bond donors (Lipinski definition) is 2. The number of nitrogens with zero attached hydrogens (tertiary/aromatic N) is 3. The Kier molecular flexibility index (Phi) is 4.63. The molecular weight excluding hydrogens is 346 g/mol. The molecule has 1 aliphatic heterocycles. The summed E-state index contributed by atoms with van der Waals surface area (Å²) in [5.74, 6) is 1.65. The Morgan fingerprint density at radius 3 is 2.85 bits per heavy atom. The second-order valence-electron chi connectivity index (χ2n) is 6.93. The number of benzene rings is 1. The van der Waals surface area contributed by atoms with E-state index in [1.165, 1.54) is 16.9 Å². The van der Waals surface area contributed by atoms with Gasteiger partial charge >= 0.3 is 0 Å². The largest absolute Gasteiger partial charge is 0.375 e. The summed E-state index contributed by atoms with van der Waals surface area (Å²) in [6.45, 7) is 3.67. The molecule has 4 rings (SSSR count). The van der Waals surface area contributed by atoms with Crippen molar-refractivity contribution >= 4 is 33.4 Å². The Balaban J connectivity index is 1.34. The van der Waals surface area contributed by atoms with Crippen LogP contribution in [-0.4, -0.2) is 38.8 Å². The van der Waals surface area contributed by atoms with Crippen molar-refractivity contribution in [1.29, 1.82) is 0 Å². The lowest BCUT2D eigenvalue weighted by Crippen LogP contribution is -2.38. The molecule has 7 heteroatoms. The van der Waals surface area contributed by atoms with E-state index in [1.54, 1.807) is 0 Å². The van der Waals surface area contributed by atoms with E-state index in [0.717, 1.165) is 48.5 Å². The van der Waals surface area contributed by atoms with Gasteiger partial charge in [-0.25, -0.2) is 9.97 Å². The smallest absolute Gasteiger partial charge is 0.222 e. The number of nitrogen functional groups attached to an aromatic ring is 1. The maximum atomic E-state index is 12.5. The molecule has 0 atom stereocenters. The van der Waals surface area contributed by atoms with Crippen molar-refractivity contribution in [3.8, 4) is 0 Å². The summed E-state index contributed by atoms with van der Waals surface area (Å²) in [6, 6.07) is 6.21. The zero-order chi connectivity index (χ0) is 18.1. The molecule has 1 fully saturated rings. The van der Waals surface area contributed by atoms with Crippen LogP contribution in [0.5, 0.6) is 0 Å². The molecule has 0 aliphatic carbocycles. The Hall–Kier alpha value is -2.41. The van der Waals surface area contributed by atoms with Gasteiger partial charge in [-0.05, 0) is 37.8 Å². The van der Waals surface area contributed by atoms with Crippen molar-refractivity contribution in [2.45, 2.75) is 38.5 Å². The monoisotopic (exact) mass is 369 g/mol. The van der Waals surface area contributed by atoms with Gasteiger partial charge in [0.25, 0.3) is 0 Å². The number of aromatic nitrogens is 3. The van der Waals surface area contributed by atoms with Crippen molar-refractivity contribution in [3.05, 3.63) is 40.7 Å². The number of carbonyl (C=O) groups excluding carboxylic acids is 1. The van der Waals surface area contributed by atoms with E-state index >= 15 is 0 Å². The van der Waals surface area contributed by atoms with Gasteiger partial charge in [-0.15, -0.1) is 11.3 Å². The van der Waals surface area contributed by atoms with E-state index < -0.39 is 0 Å². The molecule has 0 saturated carbocycles. The van der Waals surface area contributed by atoms with Crippen LogP contribution in [0.4, 0.5) is 5.13 Å². The number of aryl methyl sites for hydroxylation is 2. The molecule has 3 heterocycles. The Labute approximate surface area is 156 Å². The van der Waals surface area contributed by atoms with E-state index in [-0.39, 0.29) is 5.91 Å². The number of imidazole rings is 1. The highest BCUT2D eigenvalue weighted by Gasteiger charge is 2.25. The van der Waals surface area contributed by atoms with Crippen LogP contribution in [0.1, 0.15) is 42.3 Å². The maximum Gasteiger partial charge on any atom is 0.222 e. The molecule has 6 nitrogen and oxygen atoms in total. The third-order valence-corrected chi connectivity index (χ3v) is 5.85. The van der Waals surface area contributed by atoms with Crippen LogP contribution >= 0.6 is 11.3 Å². The minimum Gasteiger partial charge on any atom is -0.375 e. The Bertz CT molecular complexity index is 923. The predicted molar refractivity (Wildman–Crippen MR) is 104 cm³/mol. The molecule has 2 aromatic heterocycles. The van der Waals surface area contributed by atoms with Crippen molar-refractivity contribution < 1.29 is 4.79 Å². The third kappa shape index (κ3) is 3.44. The number of para-hydroxylation sites is 1. The second kappa shape index (κ2) is 7.07. The molecule has 1 aliphatic rings. The number of likely N-dealkylation sites (tertiary alicyclic amines) is 1. The van der Waals surface area contributed by atoms with E-state index in [1.807, 2.05) is 10.3 Å². The number of aromatic amines is 1. The topological polar surface area (TPSA) is 87.9 Å². The summed E-state index contributed by atoms with van der Waals surface area (Å²) >= 11 is 1.42. The lowest BCUT2D eigenvalue weighted by atomic mass is 9.96. The number of anilines is 1. The molecule has 26 heavy (non-hydrogen) atoms. The van der Waals surface area contributed by atoms with E-state index in [9.17, 15) is 4.79 Å². The van der Waals surface area contributed by atoms with Crippen LogP contribution in [0.2, 0.25) is 0 Å². The number of carbonyl (C=O) groups is 1. The van der Waals surface area contributed by atoms with Gasteiger partial charge in [-0.1, -0.05) is 12.1 Å². The number of amides is 1. The number of hydrogen-bond acceptors (Lipinski definition) is 5. The first-order chi connectivity index (χ1) is 12.6. The van der Waals surface area contributed by atoms with Gasteiger partial charge in [0.2, 0.25) is 5.91 Å². The van der Waals surface area contributed by atoms with Gasteiger partial charge in [0.15, 0.2) is 5.13 Å². The molecule has 1 amide bonds. The van der Waals surface area contributed by atoms with E-state index in [2.05, 4.69) is 35.1 Å². The SMILES string of the molecule is Cc1cccc2[nH]c(C3CCN(C(=O)CCc4csc(N)n4)CC3)nc12. The zero-order valence-electron chi connectivity index (χ0n) is 14.9. The van der Waals surface area contributed by atoms with Gasteiger partial charge in [-0.2, -0.15) is 0 Å². The van der Waals surface area contributed by atoms with Crippen LogP contribution in [0.25, 0.3) is 11.0 Å². The molecule has 0 unspecified atom stereocenters. The molecule has 3 N–H and O–H groups in total. The molecule has 1 saturated heterocycles. The van der Waals surface area contributed by atoms with Gasteiger partial charge in [0.1, 0.15) is 5.82 Å². The fraction of sp³-hybridized carbons (Fsp3) is 0.421. The molecule has 1 aromatic carbocycles. The maximum absolute atomic E-state index is 12.5. The number of H-pyrrole nitrogens is 1. The second-order valence-corrected chi connectivity index (χ2v) is 7.81. The first-order valence-corrected chi connectivity index (χ1v) is 9.91. The van der Waals surface area contributed by atoms with E-state index in [0.29, 0.717) is 23.9 Å². The minimum atomic E-state index is 0.204. The van der Waals surface area contributed by atoms with Crippen molar-refractivity contribution in [2.24, 2.45) is 0 Å². The molecule has 136 valence electrons. The van der Waals surface area contributed by atoms with E-state index in [4.69, 9.17) is 10.7 Å². The van der Waals surface area contributed by atoms with Crippen molar-refractivity contribution in [3.63, 3.8) is 0 Å². The quantitative estimate of drug-likeness (QED) is 0.739. The normalized spacial score (nSPS) is 15.7. The Morgan fingerprint density at radius 1 is 1.35 bits per heavy atom. The van der Waals surface area contributed by atoms with Crippen LogP contribution in [0.3, 0.4) is 0 Å². The van der Waals surface area contributed by atoms with Crippen LogP contribution in [0, 0.1) is 6.92 Å².